The van der Waals surface area contributed by atoms with Gasteiger partial charge in [0.1, 0.15) is 6.61 Å². The molecule has 1 atom stereocenters. The third-order valence-electron chi connectivity index (χ3n) is 5.05. The lowest BCUT2D eigenvalue weighted by Gasteiger charge is -2.40. The number of methoxy groups -OCH3 is 1. The molecule has 0 bridgehead atoms. The number of nitrogens with zero attached hydrogens (tertiary/aromatic N) is 3. The van der Waals surface area contributed by atoms with Gasteiger partial charge in [-0.15, -0.1) is 0 Å². The van der Waals surface area contributed by atoms with Crippen molar-refractivity contribution in [3.63, 3.8) is 0 Å². The van der Waals surface area contributed by atoms with Crippen molar-refractivity contribution in [2.75, 3.05) is 20.4 Å². The molecule has 2 aliphatic rings. The van der Waals surface area contributed by atoms with Crippen LogP contribution in [0.4, 0.5) is 0 Å². The van der Waals surface area contributed by atoms with Crippen LogP contribution in [-0.4, -0.2) is 41.4 Å². The number of benzene rings is 1. The number of rotatable bonds is 6. The summed E-state index contributed by atoms with van der Waals surface area (Å²) in [6.45, 7) is 3.74. The number of hydrogen-bond donors (Lipinski definition) is 0. The molecular formula is C19H23N3O5. The summed E-state index contributed by atoms with van der Waals surface area (Å²) in [7, 11) is 1.58. The highest BCUT2D eigenvalue weighted by Crippen LogP contribution is 2.38. The molecule has 1 saturated heterocycles. The van der Waals surface area contributed by atoms with E-state index < -0.39 is 0 Å². The van der Waals surface area contributed by atoms with E-state index in [1.54, 1.807) is 12.0 Å². The first-order valence-corrected chi connectivity index (χ1v) is 9.01. The molecule has 1 aromatic carbocycles. The number of aromatic nitrogens is 2. The van der Waals surface area contributed by atoms with Gasteiger partial charge in [-0.25, -0.2) is 0 Å². The minimum atomic E-state index is -0.0308. The zero-order chi connectivity index (χ0) is 18.9. The Labute approximate surface area is 157 Å². The van der Waals surface area contributed by atoms with Gasteiger partial charge in [0.15, 0.2) is 17.3 Å². The number of carbonyl (C=O) groups excluding carboxylic acids is 1. The Bertz CT molecular complexity index is 837. The largest absolute Gasteiger partial charge is 0.454 e. The number of fused-ring (bicyclic) bond motifs is 1. The van der Waals surface area contributed by atoms with Crippen molar-refractivity contribution in [2.45, 2.75) is 39.3 Å². The Morgan fingerprint density at radius 2 is 2.15 bits per heavy atom. The maximum Gasteiger partial charge on any atom is 0.246 e. The van der Waals surface area contributed by atoms with Crippen LogP contribution < -0.4 is 9.47 Å². The van der Waals surface area contributed by atoms with Crippen molar-refractivity contribution in [1.82, 2.24) is 15.0 Å². The predicted molar refractivity (Wildman–Crippen MR) is 94.0 cm³/mol. The third-order valence-corrected chi connectivity index (χ3v) is 5.05. The van der Waals surface area contributed by atoms with Crippen molar-refractivity contribution in [3.8, 4) is 11.5 Å². The SMILES string of the molecule is COCc1noc(CN2C[C@@](C)(Cc3ccc4c(c3)OCO4)CCC2=O)n1. The van der Waals surface area contributed by atoms with E-state index in [1.807, 2.05) is 12.1 Å². The van der Waals surface area contributed by atoms with Gasteiger partial charge in [0.25, 0.3) is 0 Å². The van der Waals surface area contributed by atoms with Crippen LogP contribution in [0.3, 0.4) is 0 Å². The Balaban J connectivity index is 1.44. The van der Waals surface area contributed by atoms with Crippen LogP contribution in [0.25, 0.3) is 0 Å². The van der Waals surface area contributed by atoms with Gasteiger partial charge in [0.2, 0.25) is 18.6 Å². The molecule has 0 unspecified atom stereocenters. The molecule has 8 heteroatoms. The minimum absolute atomic E-state index is 0.0308. The van der Waals surface area contributed by atoms with Crippen LogP contribution in [0.1, 0.15) is 37.0 Å². The predicted octanol–water partition coefficient (Wildman–Crippen LogP) is 2.32. The highest BCUT2D eigenvalue weighted by molar-refractivity contribution is 5.77. The molecule has 4 rings (SSSR count). The third kappa shape index (κ3) is 3.90. The monoisotopic (exact) mass is 373 g/mol. The Morgan fingerprint density at radius 1 is 1.30 bits per heavy atom. The molecule has 8 nitrogen and oxygen atoms in total. The maximum atomic E-state index is 12.4. The first-order chi connectivity index (χ1) is 13.0. The fourth-order valence-corrected chi connectivity index (χ4v) is 3.73. The second-order valence-electron chi connectivity index (χ2n) is 7.46. The molecule has 0 N–H and O–H groups in total. The molecule has 0 saturated carbocycles. The first-order valence-electron chi connectivity index (χ1n) is 9.01. The second kappa shape index (κ2) is 7.19. The second-order valence-corrected chi connectivity index (χ2v) is 7.46. The van der Waals surface area contributed by atoms with Gasteiger partial charge in [-0.3, -0.25) is 4.79 Å². The van der Waals surface area contributed by atoms with Gasteiger partial charge in [-0.2, -0.15) is 4.98 Å². The van der Waals surface area contributed by atoms with E-state index in [1.165, 1.54) is 5.56 Å². The summed E-state index contributed by atoms with van der Waals surface area (Å²) in [6, 6.07) is 6.04. The molecule has 1 fully saturated rings. The Hall–Kier alpha value is -2.61. The maximum absolute atomic E-state index is 12.4. The number of likely N-dealkylation sites (tertiary alicyclic amines) is 1. The summed E-state index contributed by atoms with van der Waals surface area (Å²) in [5.41, 5.74) is 1.15. The van der Waals surface area contributed by atoms with Crippen molar-refractivity contribution in [2.24, 2.45) is 5.41 Å². The van der Waals surface area contributed by atoms with Gasteiger partial charge >= 0.3 is 0 Å². The smallest absolute Gasteiger partial charge is 0.246 e. The molecular weight excluding hydrogens is 350 g/mol. The zero-order valence-electron chi connectivity index (χ0n) is 15.6. The van der Waals surface area contributed by atoms with Crippen LogP contribution in [0, 0.1) is 5.41 Å². The molecule has 3 heterocycles. The molecule has 0 radical (unpaired) electrons. The van der Waals surface area contributed by atoms with Crippen molar-refractivity contribution >= 4 is 5.91 Å². The summed E-state index contributed by atoms with van der Waals surface area (Å²) in [5, 5.41) is 3.86. The van der Waals surface area contributed by atoms with Crippen LogP contribution in [0.15, 0.2) is 22.7 Å². The van der Waals surface area contributed by atoms with E-state index in [-0.39, 0.29) is 18.1 Å². The number of ether oxygens (including phenoxy) is 3. The van der Waals surface area contributed by atoms with E-state index >= 15 is 0 Å². The van der Waals surface area contributed by atoms with E-state index in [4.69, 9.17) is 18.7 Å². The highest BCUT2D eigenvalue weighted by atomic mass is 16.7. The number of carbonyl (C=O) groups is 1. The van der Waals surface area contributed by atoms with Crippen LogP contribution >= 0.6 is 0 Å². The minimum Gasteiger partial charge on any atom is -0.454 e. The molecule has 0 spiro atoms. The van der Waals surface area contributed by atoms with Gasteiger partial charge in [0, 0.05) is 20.1 Å². The summed E-state index contributed by atoms with van der Waals surface area (Å²) >= 11 is 0. The number of piperidine rings is 1. The molecule has 1 amide bonds. The molecule has 27 heavy (non-hydrogen) atoms. The van der Waals surface area contributed by atoms with Crippen molar-refractivity contribution in [1.29, 1.82) is 0 Å². The fourth-order valence-electron chi connectivity index (χ4n) is 3.73. The van der Waals surface area contributed by atoms with Gasteiger partial charge in [-0.1, -0.05) is 18.1 Å². The molecule has 144 valence electrons. The van der Waals surface area contributed by atoms with Gasteiger partial charge in [-0.05, 0) is 36.0 Å². The lowest BCUT2D eigenvalue weighted by molar-refractivity contribution is -0.138. The standard InChI is InChI=1S/C19H23N3O5/c1-19(8-13-3-4-14-15(7-13)26-12-25-14)6-5-18(23)22(11-19)9-17-20-16(10-24-2)21-27-17/h3-4,7H,5-6,8-12H2,1-2H3/t19-/m1/s1. The number of amides is 1. The summed E-state index contributed by atoms with van der Waals surface area (Å²) in [4.78, 5) is 18.5. The first kappa shape index (κ1) is 17.8. The quantitative estimate of drug-likeness (QED) is 0.768. The Morgan fingerprint density at radius 3 is 3.00 bits per heavy atom. The normalized spacial score (nSPS) is 21.7. The van der Waals surface area contributed by atoms with E-state index in [0.29, 0.717) is 37.8 Å². The topological polar surface area (TPSA) is 86.9 Å². The van der Waals surface area contributed by atoms with Crippen molar-refractivity contribution < 1.29 is 23.5 Å². The summed E-state index contributed by atoms with van der Waals surface area (Å²) in [5.74, 6) is 2.61. The van der Waals surface area contributed by atoms with Gasteiger partial charge in [0.05, 0.1) is 6.54 Å². The Kier molecular flexibility index (Phi) is 4.73. The highest BCUT2D eigenvalue weighted by Gasteiger charge is 2.36. The average molecular weight is 373 g/mol. The van der Waals surface area contributed by atoms with E-state index in [0.717, 1.165) is 24.3 Å². The van der Waals surface area contributed by atoms with Crippen LogP contribution in [0.2, 0.25) is 0 Å². The fraction of sp³-hybridized carbons (Fsp3) is 0.526. The lowest BCUT2D eigenvalue weighted by Crippen LogP contribution is -2.45. The zero-order valence-corrected chi connectivity index (χ0v) is 15.6. The van der Waals surface area contributed by atoms with Crippen LogP contribution in [0.5, 0.6) is 11.5 Å². The summed E-state index contributed by atoms with van der Waals surface area (Å²) in [6.07, 6.45) is 2.21. The van der Waals surface area contributed by atoms with Crippen LogP contribution in [-0.2, 0) is 29.1 Å². The van der Waals surface area contributed by atoms with Crippen molar-refractivity contribution in [3.05, 3.63) is 35.5 Å². The molecule has 1 aromatic heterocycles. The van der Waals surface area contributed by atoms with Gasteiger partial charge < -0.3 is 23.6 Å². The van der Waals surface area contributed by atoms with E-state index in [2.05, 4.69) is 23.1 Å². The number of hydrogen-bond acceptors (Lipinski definition) is 7. The summed E-state index contributed by atoms with van der Waals surface area (Å²) < 4.78 is 21.1. The molecule has 0 aliphatic carbocycles. The molecule has 2 aromatic rings. The molecule has 2 aliphatic heterocycles. The van der Waals surface area contributed by atoms with E-state index in [9.17, 15) is 4.79 Å². The lowest BCUT2D eigenvalue weighted by atomic mass is 9.76. The average Bonchev–Trinajstić information content (AvgIpc) is 3.27.